The van der Waals surface area contributed by atoms with Crippen LogP contribution in [0, 0.1) is 17.3 Å². The van der Waals surface area contributed by atoms with Gasteiger partial charge in [-0.25, -0.2) is 0 Å². The monoisotopic (exact) mass is 437 g/mol. The number of aliphatic hydroxyl groups excluding tert-OH is 1. The summed E-state index contributed by atoms with van der Waals surface area (Å²) in [6.45, 7) is 16.3. The quantitative estimate of drug-likeness (QED) is 0.603. The first kappa shape index (κ1) is 27.0. The Morgan fingerprint density at radius 3 is 2.10 bits per heavy atom. The van der Waals surface area contributed by atoms with Crippen LogP contribution in [-0.4, -0.2) is 48.8 Å². The van der Waals surface area contributed by atoms with Gasteiger partial charge in [0.1, 0.15) is 0 Å². The van der Waals surface area contributed by atoms with Crippen molar-refractivity contribution in [1.82, 2.24) is 0 Å². The minimum Gasteiger partial charge on any atom is -0.756 e. The molecule has 0 aromatic rings. The Balaban J connectivity index is 0.000000296. The fraction of sp³-hybridized carbons (Fsp3) is 1.00. The molecule has 0 aromatic heterocycles. The highest BCUT2D eigenvalue weighted by molar-refractivity contribution is 7.45. The summed E-state index contributed by atoms with van der Waals surface area (Å²) in [4.78, 5) is 11.3. The van der Waals surface area contributed by atoms with Gasteiger partial charge in [-0.3, -0.25) is 4.57 Å². The number of phosphoric ester groups is 1. The zero-order valence-electron chi connectivity index (χ0n) is 19.4. The Labute approximate surface area is 177 Å². The standard InChI is InChI=1S/C11H22O2.C10H21O5P/c1-8-5-9(6-11(2,3)4)13-10(8)7-12;1-7(2)15-16(11,12)13-6-10-8(3)5-9(4)14-10/h8-10,12H,5-7H2,1-4H3;7-10H,5-6H2,1-4H3,(H,11,12)/p-1/t8?,9-,10-;8?,9-,10+/m10/s1. The molecule has 2 aliphatic rings. The van der Waals surface area contributed by atoms with E-state index >= 15 is 0 Å². The summed E-state index contributed by atoms with van der Waals surface area (Å²) in [5.41, 5.74) is 0.328. The molecule has 0 amide bonds. The summed E-state index contributed by atoms with van der Waals surface area (Å²) in [6.07, 6.45) is 3.16. The van der Waals surface area contributed by atoms with Gasteiger partial charge >= 0.3 is 0 Å². The molecule has 0 spiro atoms. The van der Waals surface area contributed by atoms with Crippen molar-refractivity contribution in [2.24, 2.45) is 17.3 Å². The molecule has 7 atom stereocenters. The first-order valence-electron chi connectivity index (χ1n) is 10.8. The third-order valence-corrected chi connectivity index (χ3v) is 6.28. The molecule has 29 heavy (non-hydrogen) atoms. The molecule has 3 unspecified atom stereocenters. The maximum absolute atomic E-state index is 11.3. The molecule has 0 bridgehead atoms. The lowest BCUT2D eigenvalue weighted by molar-refractivity contribution is -0.230. The van der Waals surface area contributed by atoms with Crippen molar-refractivity contribution in [1.29, 1.82) is 0 Å². The van der Waals surface area contributed by atoms with Crippen molar-refractivity contribution in [2.45, 2.75) is 105 Å². The van der Waals surface area contributed by atoms with E-state index in [0.29, 0.717) is 23.4 Å². The van der Waals surface area contributed by atoms with Gasteiger partial charge in [0.25, 0.3) is 7.82 Å². The molecule has 0 saturated carbocycles. The van der Waals surface area contributed by atoms with Gasteiger partial charge in [-0.05, 0) is 57.3 Å². The molecule has 1 N–H and O–H groups in total. The summed E-state index contributed by atoms with van der Waals surface area (Å²) in [5.74, 6) is 0.825. The SMILES string of the molecule is CC(C)OP(=O)([O-])OC[C@H]1O[C@@H](C)CC1C.CC1C[C@H](CC(C)(C)C)O[C@@H]1CO. The average Bonchev–Trinajstić information content (AvgIpc) is 3.04. The molecule has 2 saturated heterocycles. The highest BCUT2D eigenvalue weighted by atomic mass is 31.2. The van der Waals surface area contributed by atoms with Crippen LogP contribution in [0.3, 0.4) is 0 Å². The Morgan fingerprint density at radius 1 is 1.10 bits per heavy atom. The van der Waals surface area contributed by atoms with E-state index in [2.05, 4.69) is 32.2 Å². The van der Waals surface area contributed by atoms with Crippen LogP contribution in [0.1, 0.15) is 74.7 Å². The minimum atomic E-state index is -4.18. The van der Waals surface area contributed by atoms with E-state index in [1.165, 1.54) is 0 Å². The number of rotatable bonds is 7. The lowest BCUT2D eigenvalue weighted by Gasteiger charge is -2.26. The second kappa shape index (κ2) is 11.6. The molecule has 2 fully saturated rings. The van der Waals surface area contributed by atoms with Crippen molar-refractivity contribution in [3.8, 4) is 0 Å². The number of aliphatic hydroxyl groups is 1. The lowest BCUT2D eigenvalue weighted by Crippen LogP contribution is -2.23. The average molecular weight is 438 g/mol. The fourth-order valence-electron chi connectivity index (χ4n) is 3.86. The highest BCUT2D eigenvalue weighted by Gasteiger charge is 2.33. The Kier molecular flexibility index (Phi) is 10.8. The Bertz CT molecular complexity index is 520. The maximum atomic E-state index is 11.3. The largest absolute Gasteiger partial charge is 0.756 e. The number of ether oxygens (including phenoxy) is 2. The molecular formula is C21H42O7P-. The summed E-state index contributed by atoms with van der Waals surface area (Å²) in [7, 11) is -4.18. The fourth-order valence-corrected chi connectivity index (χ4v) is 4.77. The van der Waals surface area contributed by atoms with Crippen molar-refractivity contribution in [3.05, 3.63) is 0 Å². The van der Waals surface area contributed by atoms with Crippen LogP contribution >= 0.6 is 7.82 Å². The lowest BCUT2D eigenvalue weighted by atomic mass is 9.87. The molecule has 174 valence electrons. The zero-order valence-corrected chi connectivity index (χ0v) is 20.3. The normalized spacial score (nSPS) is 34.7. The summed E-state index contributed by atoms with van der Waals surface area (Å²) >= 11 is 0. The number of phosphoric acid groups is 1. The van der Waals surface area contributed by atoms with E-state index in [4.69, 9.17) is 19.1 Å². The van der Waals surface area contributed by atoms with Crippen LogP contribution in [0.4, 0.5) is 0 Å². The van der Waals surface area contributed by atoms with E-state index in [1.54, 1.807) is 13.8 Å². The molecule has 2 aliphatic heterocycles. The second-order valence-electron chi connectivity index (χ2n) is 10.1. The van der Waals surface area contributed by atoms with Crippen molar-refractivity contribution in [2.75, 3.05) is 13.2 Å². The van der Waals surface area contributed by atoms with Gasteiger partial charge < -0.3 is 28.5 Å². The van der Waals surface area contributed by atoms with Gasteiger partial charge in [0.05, 0.1) is 43.7 Å². The molecule has 2 heterocycles. The summed E-state index contributed by atoms with van der Waals surface area (Å²) in [5, 5.41) is 9.03. The summed E-state index contributed by atoms with van der Waals surface area (Å²) < 4.78 is 32.1. The van der Waals surface area contributed by atoms with Crippen molar-refractivity contribution in [3.63, 3.8) is 0 Å². The predicted octanol–water partition coefficient (Wildman–Crippen LogP) is 3.92. The summed E-state index contributed by atoms with van der Waals surface area (Å²) in [6, 6.07) is 0. The smallest absolute Gasteiger partial charge is 0.268 e. The molecule has 7 nitrogen and oxygen atoms in total. The Morgan fingerprint density at radius 2 is 1.69 bits per heavy atom. The minimum absolute atomic E-state index is 0.0407. The molecule has 0 aliphatic carbocycles. The third kappa shape index (κ3) is 10.7. The molecule has 8 heteroatoms. The van der Waals surface area contributed by atoms with E-state index in [1.807, 2.05) is 13.8 Å². The van der Waals surface area contributed by atoms with Gasteiger partial charge in [-0.15, -0.1) is 0 Å². The van der Waals surface area contributed by atoms with E-state index in [0.717, 1.165) is 19.3 Å². The van der Waals surface area contributed by atoms with Gasteiger partial charge in [-0.1, -0.05) is 34.6 Å². The maximum Gasteiger partial charge on any atom is 0.268 e. The van der Waals surface area contributed by atoms with E-state index in [9.17, 15) is 9.46 Å². The Hall–Kier alpha value is -0.0100. The van der Waals surface area contributed by atoms with Crippen LogP contribution < -0.4 is 4.89 Å². The molecule has 2 rings (SSSR count). The predicted molar refractivity (Wildman–Crippen MR) is 111 cm³/mol. The van der Waals surface area contributed by atoms with E-state index < -0.39 is 13.9 Å². The van der Waals surface area contributed by atoms with Gasteiger partial charge in [0.15, 0.2) is 0 Å². The van der Waals surface area contributed by atoms with Crippen molar-refractivity contribution < 1.29 is 33.1 Å². The van der Waals surface area contributed by atoms with Crippen LogP contribution in [0.25, 0.3) is 0 Å². The van der Waals surface area contributed by atoms with Crippen LogP contribution in [0.5, 0.6) is 0 Å². The number of hydrogen-bond donors (Lipinski definition) is 1. The molecule has 0 aromatic carbocycles. The van der Waals surface area contributed by atoms with Gasteiger partial charge in [-0.2, -0.15) is 0 Å². The number of hydrogen-bond acceptors (Lipinski definition) is 7. The zero-order chi connectivity index (χ0) is 22.4. The van der Waals surface area contributed by atoms with Gasteiger partial charge in [0, 0.05) is 0 Å². The molecule has 0 radical (unpaired) electrons. The third-order valence-electron chi connectivity index (χ3n) is 5.14. The topological polar surface area (TPSA) is 97.3 Å². The van der Waals surface area contributed by atoms with Crippen LogP contribution in [0.15, 0.2) is 0 Å². The first-order valence-corrected chi connectivity index (χ1v) is 12.2. The van der Waals surface area contributed by atoms with Crippen molar-refractivity contribution >= 4 is 7.82 Å². The second-order valence-corrected chi connectivity index (χ2v) is 11.4. The van der Waals surface area contributed by atoms with Crippen LogP contribution in [0.2, 0.25) is 0 Å². The van der Waals surface area contributed by atoms with E-state index in [-0.39, 0.29) is 31.5 Å². The highest BCUT2D eigenvalue weighted by Crippen LogP contribution is 2.41. The van der Waals surface area contributed by atoms with Gasteiger partial charge in [0.2, 0.25) is 0 Å². The van der Waals surface area contributed by atoms with Crippen LogP contribution in [-0.2, 0) is 23.1 Å². The molecular weight excluding hydrogens is 395 g/mol. The first-order chi connectivity index (χ1) is 13.2.